The zero-order valence-corrected chi connectivity index (χ0v) is 9.09. The maximum absolute atomic E-state index is 11.1. The van der Waals surface area contributed by atoms with E-state index in [2.05, 4.69) is 5.10 Å². The SMILES string of the molecule is CC(=O)c1cnn(C2CCSCC2)c1. The number of carbonyl (C=O) groups is 1. The Morgan fingerprint density at radius 2 is 2.29 bits per heavy atom. The van der Waals surface area contributed by atoms with Crippen LogP contribution < -0.4 is 0 Å². The van der Waals surface area contributed by atoms with E-state index >= 15 is 0 Å². The first-order chi connectivity index (χ1) is 6.77. The molecule has 1 saturated heterocycles. The summed E-state index contributed by atoms with van der Waals surface area (Å²) in [6.07, 6.45) is 5.89. The molecule has 0 unspecified atom stereocenters. The number of nitrogens with zero attached hydrogens (tertiary/aromatic N) is 2. The standard InChI is InChI=1S/C10H14N2OS/c1-8(13)9-6-11-12(7-9)10-2-4-14-5-3-10/h6-7,10H,2-5H2,1H3. The lowest BCUT2D eigenvalue weighted by atomic mass is 10.1. The minimum absolute atomic E-state index is 0.0986. The number of aromatic nitrogens is 2. The molecule has 14 heavy (non-hydrogen) atoms. The first-order valence-electron chi connectivity index (χ1n) is 4.90. The molecular formula is C10H14N2OS. The highest BCUT2D eigenvalue weighted by Gasteiger charge is 2.16. The molecule has 76 valence electrons. The van der Waals surface area contributed by atoms with Crippen LogP contribution in [0.25, 0.3) is 0 Å². The second kappa shape index (κ2) is 4.17. The molecule has 0 radical (unpaired) electrons. The summed E-state index contributed by atoms with van der Waals surface area (Å²) >= 11 is 2.00. The van der Waals surface area contributed by atoms with Crippen molar-refractivity contribution in [2.45, 2.75) is 25.8 Å². The molecule has 1 aromatic heterocycles. The monoisotopic (exact) mass is 210 g/mol. The van der Waals surface area contributed by atoms with Gasteiger partial charge in [0.1, 0.15) is 0 Å². The third kappa shape index (κ3) is 2.00. The summed E-state index contributed by atoms with van der Waals surface area (Å²) in [7, 11) is 0. The second-order valence-corrected chi connectivity index (χ2v) is 4.83. The summed E-state index contributed by atoms with van der Waals surface area (Å²) in [6.45, 7) is 1.58. The lowest BCUT2D eigenvalue weighted by Gasteiger charge is -2.21. The Kier molecular flexibility index (Phi) is 2.91. The number of Topliss-reactive ketones (excluding diaryl/α,β-unsaturated/α-hetero) is 1. The van der Waals surface area contributed by atoms with Gasteiger partial charge in [-0.2, -0.15) is 16.9 Å². The van der Waals surface area contributed by atoms with Crippen LogP contribution in [0.1, 0.15) is 36.2 Å². The van der Waals surface area contributed by atoms with E-state index < -0.39 is 0 Å². The van der Waals surface area contributed by atoms with Gasteiger partial charge in [0, 0.05) is 6.20 Å². The highest BCUT2D eigenvalue weighted by molar-refractivity contribution is 7.99. The Morgan fingerprint density at radius 3 is 2.86 bits per heavy atom. The number of hydrogen-bond donors (Lipinski definition) is 0. The first-order valence-corrected chi connectivity index (χ1v) is 6.05. The van der Waals surface area contributed by atoms with Crippen molar-refractivity contribution in [2.24, 2.45) is 0 Å². The van der Waals surface area contributed by atoms with Gasteiger partial charge < -0.3 is 0 Å². The van der Waals surface area contributed by atoms with Crippen LogP contribution in [0, 0.1) is 0 Å². The summed E-state index contributed by atoms with van der Waals surface area (Å²) in [5.41, 5.74) is 0.725. The molecule has 1 fully saturated rings. The van der Waals surface area contributed by atoms with Gasteiger partial charge in [0.25, 0.3) is 0 Å². The molecular weight excluding hydrogens is 196 g/mol. The predicted octanol–water partition coefficient (Wildman–Crippen LogP) is 2.15. The minimum Gasteiger partial charge on any atom is -0.294 e. The molecule has 0 saturated carbocycles. The lowest BCUT2D eigenvalue weighted by Crippen LogP contribution is -2.15. The molecule has 0 N–H and O–H groups in total. The van der Waals surface area contributed by atoms with Crippen molar-refractivity contribution < 1.29 is 4.79 Å². The predicted molar refractivity (Wildman–Crippen MR) is 57.8 cm³/mol. The van der Waals surface area contributed by atoms with Crippen molar-refractivity contribution >= 4 is 17.5 Å². The van der Waals surface area contributed by atoms with Crippen LogP contribution in [0.4, 0.5) is 0 Å². The maximum Gasteiger partial charge on any atom is 0.162 e. The molecule has 2 rings (SSSR count). The van der Waals surface area contributed by atoms with Gasteiger partial charge in [-0.05, 0) is 31.3 Å². The van der Waals surface area contributed by atoms with Crippen LogP contribution in [0.15, 0.2) is 12.4 Å². The molecule has 0 atom stereocenters. The zero-order chi connectivity index (χ0) is 9.97. The maximum atomic E-state index is 11.1. The topological polar surface area (TPSA) is 34.9 Å². The molecule has 1 aliphatic rings. The number of carbonyl (C=O) groups excluding carboxylic acids is 1. The Bertz CT molecular complexity index is 329. The van der Waals surface area contributed by atoms with Gasteiger partial charge in [0.05, 0.1) is 17.8 Å². The van der Waals surface area contributed by atoms with Gasteiger partial charge >= 0.3 is 0 Å². The van der Waals surface area contributed by atoms with Gasteiger partial charge in [-0.3, -0.25) is 9.48 Å². The van der Waals surface area contributed by atoms with E-state index in [1.54, 1.807) is 13.1 Å². The van der Waals surface area contributed by atoms with Crippen molar-refractivity contribution in [2.75, 3.05) is 11.5 Å². The molecule has 0 aliphatic carbocycles. The van der Waals surface area contributed by atoms with E-state index in [0.717, 1.165) is 5.56 Å². The number of rotatable bonds is 2. The zero-order valence-electron chi connectivity index (χ0n) is 8.27. The van der Waals surface area contributed by atoms with Crippen LogP contribution in [-0.2, 0) is 0 Å². The fraction of sp³-hybridized carbons (Fsp3) is 0.600. The van der Waals surface area contributed by atoms with Crippen LogP contribution in [0.3, 0.4) is 0 Å². The highest BCUT2D eigenvalue weighted by Crippen LogP contribution is 2.26. The Morgan fingerprint density at radius 1 is 1.57 bits per heavy atom. The normalized spacial score (nSPS) is 18.4. The van der Waals surface area contributed by atoms with Crippen LogP contribution in [-0.4, -0.2) is 27.1 Å². The second-order valence-electron chi connectivity index (χ2n) is 3.61. The van der Waals surface area contributed by atoms with E-state index in [4.69, 9.17) is 0 Å². The van der Waals surface area contributed by atoms with Gasteiger partial charge in [0.2, 0.25) is 0 Å². The summed E-state index contributed by atoms with van der Waals surface area (Å²) < 4.78 is 1.95. The van der Waals surface area contributed by atoms with Gasteiger partial charge in [-0.25, -0.2) is 0 Å². The Balaban J connectivity index is 2.11. The summed E-state index contributed by atoms with van der Waals surface area (Å²) in [6, 6.07) is 0.504. The number of hydrogen-bond acceptors (Lipinski definition) is 3. The fourth-order valence-electron chi connectivity index (χ4n) is 1.67. The van der Waals surface area contributed by atoms with Crippen molar-refractivity contribution in [3.05, 3.63) is 18.0 Å². The van der Waals surface area contributed by atoms with Gasteiger partial charge in [0.15, 0.2) is 5.78 Å². The van der Waals surface area contributed by atoms with Crippen LogP contribution in [0.2, 0.25) is 0 Å². The average molecular weight is 210 g/mol. The van der Waals surface area contributed by atoms with Crippen LogP contribution >= 0.6 is 11.8 Å². The smallest absolute Gasteiger partial charge is 0.162 e. The average Bonchev–Trinajstić information content (AvgIpc) is 2.68. The van der Waals surface area contributed by atoms with E-state index in [9.17, 15) is 4.79 Å². The van der Waals surface area contributed by atoms with Crippen LogP contribution in [0.5, 0.6) is 0 Å². The molecule has 0 spiro atoms. The van der Waals surface area contributed by atoms with E-state index in [-0.39, 0.29) is 5.78 Å². The van der Waals surface area contributed by atoms with E-state index in [1.807, 2.05) is 22.6 Å². The molecule has 0 amide bonds. The summed E-state index contributed by atoms with van der Waals surface area (Å²) in [5, 5.41) is 4.25. The van der Waals surface area contributed by atoms with Gasteiger partial charge in [-0.1, -0.05) is 0 Å². The van der Waals surface area contributed by atoms with E-state index in [0.29, 0.717) is 6.04 Å². The third-order valence-corrected chi connectivity index (χ3v) is 3.62. The van der Waals surface area contributed by atoms with E-state index in [1.165, 1.54) is 24.3 Å². The van der Waals surface area contributed by atoms with Gasteiger partial charge in [-0.15, -0.1) is 0 Å². The Hall–Kier alpha value is -0.770. The summed E-state index contributed by atoms with van der Waals surface area (Å²) in [4.78, 5) is 11.1. The highest BCUT2D eigenvalue weighted by atomic mass is 32.2. The number of thioether (sulfide) groups is 1. The molecule has 0 aromatic carbocycles. The molecule has 4 heteroatoms. The largest absolute Gasteiger partial charge is 0.294 e. The number of ketones is 1. The summed E-state index contributed by atoms with van der Waals surface area (Å²) in [5.74, 6) is 2.52. The Labute approximate surface area is 87.9 Å². The van der Waals surface area contributed by atoms with Crippen molar-refractivity contribution in [1.29, 1.82) is 0 Å². The van der Waals surface area contributed by atoms with Crippen molar-refractivity contribution in [1.82, 2.24) is 9.78 Å². The third-order valence-electron chi connectivity index (χ3n) is 2.57. The minimum atomic E-state index is 0.0986. The van der Waals surface area contributed by atoms with Crippen molar-refractivity contribution in [3.8, 4) is 0 Å². The molecule has 3 nitrogen and oxygen atoms in total. The molecule has 1 aliphatic heterocycles. The fourth-order valence-corrected chi connectivity index (χ4v) is 2.75. The van der Waals surface area contributed by atoms with Crippen molar-refractivity contribution in [3.63, 3.8) is 0 Å². The first kappa shape index (κ1) is 9.77. The quantitative estimate of drug-likeness (QED) is 0.702. The molecule has 1 aromatic rings. The lowest BCUT2D eigenvalue weighted by molar-refractivity contribution is 0.101. The molecule has 0 bridgehead atoms. The molecule has 2 heterocycles.